The molecule has 0 aliphatic heterocycles. The zero-order valence-corrected chi connectivity index (χ0v) is 11.2. The molecule has 3 heteroatoms. The standard InChI is InChI=1S/C16H15NOS/c17-13-7-5-11(6-8-13)15(18)9-12-10-19-16-4-2-1-3-14(12)16/h1-8,10,15,18H,9,17H2. The Labute approximate surface area is 116 Å². The third kappa shape index (κ3) is 2.48. The van der Waals surface area contributed by atoms with Gasteiger partial charge in [-0.05, 0) is 40.1 Å². The number of benzene rings is 2. The number of nitrogens with two attached hydrogens (primary N) is 1. The molecule has 0 aliphatic carbocycles. The van der Waals surface area contributed by atoms with E-state index in [9.17, 15) is 5.11 Å². The van der Waals surface area contributed by atoms with Crippen molar-refractivity contribution < 1.29 is 5.11 Å². The summed E-state index contributed by atoms with van der Waals surface area (Å²) in [5, 5.41) is 13.7. The SMILES string of the molecule is Nc1ccc(C(O)Cc2csc3ccccc23)cc1. The van der Waals surface area contributed by atoms with E-state index in [0.717, 1.165) is 11.3 Å². The average Bonchev–Trinajstić information content (AvgIpc) is 2.83. The number of aliphatic hydroxyl groups excluding tert-OH is 1. The fourth-order valence-corrected chi connectivity index (χ4v) is 3.21. The number of rotatable bonds is 3. The molecule has 1 heterocycles. The van der Waals surface area contributed by atoms with Crippen LogP contribution in [0.3, 0.4) is 0 Å². The third-order valence-electron chi connectivity index (χ3n) is 3.30. The topological polar surface area (TPSA) is 46.2 Å². The van der Waals surface area contributed by atoms with Gasteiger partial charge in [0, 0.05) is 16.8 Å². The van der Waals surface area contributed by atoms with Crippen molar-refractivity contribution in [1.29, 1.82) is 0 Å². The molecule has 1 aromatic heterocycles. The normalized spacial score (nSPS) is 12.7. The fourth-order valence-electron chi connectivity index (χ4n) is 2.24. The van der Waals surface area contributed by atoms with Gasteiger partial charge in [0.25, 0.3) is 0 Å². The summed E-state index contributed by atoms with van der Waals surface area (Å²) in [6, 6.07) is 15.7. The summed E-state index contributed by atoms with van der Waals surface area (Å²) in [6.45, 7) is 0. The van der Waals surface area contributed by atoms with Crippen molar-refractivity contribution in [3.05, 3.63) is 65.0 Å². The first-order valence-corrected chi connectivity index (χ1v) is 7.10. The maximum atomic E-state index is 10.3. The maximum absolute atomic E-state index is 10.3. The lowest BCUT2D eigenvalue weighted by molar-refractivity contribution is 0.179. The van der Waals surface area contributed by atoms with Crippen molar-refractivity contribution in [2.24, 2.45) is 0 Å². The van der Waals surface area contributed by atoms with Crippen molar-refractivity contribution in [2.45, 2.75) is 12.5 Å². The van der Waals surface area contributed by atoms with E-state index in [-0.39, 0.29) is 0 Å². The second-order valence-corrected chi connectivity index (χ2v) is 5.55. The lowest BCUT2D eigenvalue weighted by Crippen LogP contribution is -2.01. The molecule has 0 fully saturated rings. The molecule has 0 spiro atoms. The van der Waals surface area contributed by atoms with Crippen molar-refractivity contribution in [3.8, 4) is 0 Å². The van der Waals surface area contributed by atoms with E-state index >= 15 is 0 Å². The molecule has 1 unspecified atom stereocenters. The van der Waals surface area contributed by atoms with Crippen LogP contribution in [0.1, 0.15) is 17.2 Å². The first kappa shape index (κ1) is 12.2. The van der Waals surface area contributed by atoms with Gasteiger partial charge in [-0.2, -0.15) is 0 Å². The van der Waals surface area contributed by atoms with Crippen LogP contribution in [0, 0.1) is 0 Å². The van der Waals surface area contributed by atoms with Crippen LogP contribution >= 0.6 is 11.3 Å². The number of fused-ring (bicyclic) bond motifs is 1. The lowest BCUT2D eigenvalue weighted by atomic mass is 10.0. The third-order valence-corrected chi connectivity index (χ3v) is 4.31. The predicted octanol–water partition coefficient (Wildman–Crippen LogP) is 3.76. The smallest absolute Gasteiger partial charge is 0.0830 e. The molecule has 0 bridgehead atoms. The first-order chi connectivity index (χ1) is 9.24. The molecule has 0 saturated heterocycles. The second kappa shape index (κ2) is 5.03. The highest BCUT2D eigenvalue weighted by molar-refractivity contribution is 7.17. The number of hydrogen-bond donors (Lipinski definition) is 2. The van der Waals surface area contributed by atoms with Crippen LogP contribution < -0.4 is 5.73 Å². The van der Waals surface area contributed by atoms with E-state index in [2.05, 4.69) is 17.5 Å². The van der Waals surface area contributed by atoms with Gasteiger partial charge in [-0.15, -0.1) is 11.3 Å². The van der Waals surface area contributed by atoms with Crippen molar-refractivity contribution in [1.82, 2.24) is 0 Å². The zero-order chi connectivity index (χ0) is 13.2. The van der Waals surface area contributed by atoms with Gasteiger partial charge in [-0.1, -0.05) is 30.3 Å². The Morgan fingerprint density at radius 1 is 1.05 bits per heavy atom. The van der Waals surface area contributed by atoms with E-state index in [0.29, 0.717) is 6.42 Å². The first-order valence-electron chi connectivity index (χ1n) is 6.22. The molecule has 2 nitrogen and oxygen atoms in total. The minimum atomic E-state index is -0.487. The number of thiophene rings is 1. The Bertz CT molecular complexity index is 687. The van der Waals surface area contributed by atoms with E-state index < -0.39 is 6.10 Å². The lowest BCUT2D eigenvalue weighted by Gasteiger charge is -2.10. The van der Waals surface area contributed by atoms with Crippen molar-refractivity contribution in [3.63, 3.8) is 0 Å². The molecule has 0 aliphatic rings. The molecular formula is C16H15NOS. The Hall–Kier alpha value is -1.84. The molecule has 1 atom stereocenters. The van der Waals surface area contributed by atoms with Crippen molar-refractivity contribution in [2.75, 3.05) is 5.73 Å². The predicted molar refractivity (Wildman–Crippen MR) is 81.3 cm³/mol. The largest absolute Gasteiger partial charge is 0.399 e. The summed E-state index contributed by atoms with van der Waals surface area (Å²) < 4.78 is 1.27. The second-order valence-electron chi connectivity index (χ2n) is 4.64. The summed E-state index contributed by atoms with van der Waals surface area (Å²) in [4.78, 5) is 0. The van der Waals surface area contributed by atoms with E-state index in [1.807, 2.05) is 36.4 Å². The molecule has 2 aromatic carbocycles. The van der Waals surface area contributed by atoms with Crippen LogP contribution in [0.25, 0.3) is 10.1 Å². The Morgan fingerprint density at radius 2 is 1.79 bits per heavy atom. The van der Waals surface area contributed by atoms with Crippen LogP contribution in [0.5, 0.6) is 0 Å². The number of nitrogen functional groups attached to an aromatic ring is 1. The Kier molecular flexibility index (Phi) is 3.23. The van der Waals surface area contributed by atoms with Gasteiger partial charge in [-0.3, -0.25) is 0 Å². The molecule has 3 rings (SSSR count). The van der Waals surface area contributed by atoms with Crippen LogP contribution in [0.15, 0.2) is 53.9 Å². The van der Waals surface area contributed by atoms with Gasteiger partial charge in [0.15, 0.2) is 0 Å². The zero-order valence-electron chi connectivity index (χ0n) is 10.4. The Balaban J connectivity index is 1.86. The average molecular weight is 269 g/mol. The van der Waals surface area contributed by atoms with Gasteiger partial charge in [0.05, 0.1) is 6.10 Å². The highest BCUT2D eigenvalue weighted by atomic mass is 32.1. The summed E-state index contributed by atoms with van der Waals surface area (Å²) in [5.74, 6) is 0. The van der Waals surface area contributed by atoms with Crippen LogP contribution in [-0.4, -0.2) is 5.11 Å². The van der Waals surface area contributed by atoms with E-state index in [1.165, 1.54) is 15.6 Å². The van der Waals surface area contributed by atoms with Gasteiger partial charge in [-0.25, -0.2) is 0 Å². The molecule has 3 N–H and O–H groups in total. The van der Waals surface area contributed by atoms with Gasteiger partial charge >= 0.3 is 0 Å². The van der Waals surface area contributed by atoms with E-state index in [4.69, 9.17) is 5.73 Å². The highest BCUT2D eigenvalue weighted by Crippen LogP contribution is 2.29. The van der Waals surface area contributed by atoms with Crippen LogP contribution in [0.2, 0.25) is 0 Å². The van der Waals surface area contributed by atoms with Crippen LogP contribution in [0.4, 0.5) is 5.69 Å². The quantitative estimate of drug-likeness (QED) is 0.711. The molecule has 0 amide bonds. The number of aliphatic hydroxyl groups is 1. The fraction of sp³-hybridized carbons (Fsp3) is 0.125. The van der Waals surface area contributed by atoms with Crippen molar-refractivity contribution >= 4 is 27.1 Å². The molecule has 3 aromatic rings. The van der Waals surface area contributed by atoms with Gasteiger partial charge in [0.1, 0.15) is 0 Å². The molecule has 96 valence electrons. The summed E-state index contributed by atoms with van der Waals surface area (Å²) >= 11 is 1.72. The summed E-state index contributed by atoms with van der Waals surface area (Å²) in [6.07, 6.45) is 0.145. The minimum Gasteiger partial charge on any atom is -0.399 e. The highest BCUT2D eigenvalue weighted by Gasteiger charge is 2.11. The summed E-state index contributed by atoms with van der Waals surface area (Å²) in [5.41, 5.74) is 8.48. The van der Waals surface area contributed by atoms with Gasteiger partial charge < -0.3 is 10.8 Å². The number of anilines is 1. The van der Waals surface area contributed by atoms with E-state index in [1.54, 1.807) is 11.3 Å². The Morgan fingerprint density at radius 3 is 2.58 bits per heavy atom. The number of hydrogen-bond acceptors (Lipinski definition) is 3. The molecule has 19 heavy (non-hydrogen) atoms. The monoisotopic (exact) mass is 269 g/mol. The molecule has 0 radical (unpaired) electrons. The maximum Gasteiger partial charge on any atom is 0.0830 e. The minimum absolute atomic E-state index is 0.487. The summed E-state index contributed by atoms with van der Waals surface area (Å²) in [7, 11) is 0. The molecule has 0 saturated carbocycles. The molecular weight excluding hydrogens is 254 g/mol. The van der Waals surface area contributed by atoms with Crippen LogP contribution in [-0.2, 0) is 6.42 Å². The van der Waals surface area contributed by atoms with Gasteiger partial charge in [0.2, 0.25) is 0 Å².